The fourth-order valence-electron chi connectivity index (χ4n) is 1.85. The van der Waals surface area contributed by atoms with Gasteiger partial charge in [-0.25, -0.2) is 0 Å². The van der Waals surface area contributed by atoms with E-state index in [1.54, 1.807) is 0 Å². The molecule has 0 amide bonds. The highest BCUT2D eigenvalue weighted by Gasteiger charge is 2.37. The molecule has 0 atom stereocenters. The van der Waals surface area contributed by atoms with E-state index in [9.17, 15) is 9.59 Å². The zero-order chi connectivity index (χ0) is 8.32. The van der Waals surface area contributed by atoms with Gasteiger partial charge in [-0.1, -0.05) is 26.2 Å². The lowest BCUT2D eigenvalue weighted by atomic mass is 10.0. The Kier molecular flexibility index (Phi) is 3.10. The first-order valence-corrected chi connectivity index (χ1v) is 6.79. The quantitative estimate of drug-likeness (QED) is 0.626. The van der Waals surface area contributed by atoms with Gasteiger partial charge in [0.25, 0.3) is 0 Å². The Morgan fingerprint density at radius 3 is 2.18 bits per heavy atom. The second kappa shape index (κ2) is 3.69. The molecule has 0 unspecified atom stereocenters. The standard InChI is InChI=1S/C8H18O2Si/c1-2-11(9,10)8-6-4-3-5-7-8/h8-10H,2-7H2,1H3. The molecule has 0 bridgehead atoms. The van der Waals surface area contributed by atoms with Gasteiger partial charge in [-0.3, -0.25) is 0 Å². The van der Waals surface area contributed by atoms with Crippen molar-refractivity contribution in [3.63, 3.8) is 0 Å². The van der Waals surface area contributed by atoms with E-state index in [1.807, 2.05) is 6.92 Å². The SMILES string of the molecule is CC[Si](O)(O)C1CCCCC1. The highest BCUT2D eigenvalue weighted by atomic mass is 28.4. The third-order valence-electron chi connectivity index (χ3n) is 2.78. The average molecular weight is 174 g/mol. The maximum absolute atomic E-state index is 9.64. The van der Waals surface area contributed by atoms with E-state index in [0.29, 0.717) is 6.04 Å². The number of rotatable bonds is 2. The van der Waals surface area contributed by atoms with Crippen LogP contribution in [0.25, 0.3) is 0 Å². The molecule has 0 saturated heterocycles. The third kappa shape index (κ3) is 2.29. The lowest BCUT2D eigenvalue weighted by Crippen LogP contribution is -2.40. The van der Waals surface area contributed by atoms with Gasteiger partial charge in [-0.15, -0.1) is 0 Å². The molecule has 0 aromatic heterocycles. The van der Waals surface area contributed by atoms with Gasteiger partial charge < -0.3 is 9.59 Å². The van der Waals surface area contributed by atoms with Crippen molar-refractivity contribution in [3.8, 4) is 0 Å². The Hall–Kier alpha value is 0.137. The monoisotopic (exact) mass is 174 g/mol. The molecule has 0 heterocycles. The fraction of sp³-hybridized carbons (Fsp3) is 1.00. The second-order valence-electron chi connectivity index (χ2n) is 3.57. The van der Waals surface area contributed by atoms with Crippen molar-refractivity contribution in [2.75, 3.05) is 0 Å². The Bertz CT molecular complexity index is 119. The summed E-state index contributed by atoms with van der Waals surface area (Å²) in [5.74, 6) is 0. The van der Waals surface area contributed by atoms with Crippen LogP contribution in [-0.4, -0.2) is 18.2 Å². The minimum atomic E-state index is -2.78. The van der Waals surface area contributed by atoms with Crippen LogP contribution in [0.5, 0.6) is 0 Å². The molecule has 1 rings (SSSR count). The zero-order valence-corrected chi connectivity index (χ0v) is 8.21. The molecule has 2 nitrogen and oxygen atoms in total. The summed E-state index contributed by atoms with van der Waals surface area (Å²) in [6.07, 6.45) is 5.77. The van der Waals surface area contributed by atoms with Crippen molar-refractivity contribution in [3.05, 3.63) is 0 Å². The van der Waals surface area contributed by atoms with E-state index >= 15 is 0 Å². The molecule has 0 aliphatic heterocycles. The molecule has 2 N–H and O–H groups in total. The van der Waals surface area contributed by atoms with Gasteiger partial charge in [-0.05, 0) is 18.9 Å². The summed E-state index contributed by atoms with van der Waals surface area (Å²) < 4.78 is 0. The van der Waals surface area contributed by atoms with E-state index in [1.165, 1.54) is 19.3 Å². The largest absolute Gasteiger partial charge is 0.410 e. The van der Waals surface area contributed by atoms with Crippen molar-refractivity contribution in [2.24, 2.45) is 0 Å². The van der Waals surface area contributed by atoms with Gasteiger partial charge >= 0.3 is 8.56 Å². The van der Waals surface area contributed by atoms with E-state index in [2.05, 4.69) is 0 Å². The second-order valence-corrected chi connectivity index (χ2v) is 6.85. The summed E-state index contributed by atoms with van der Waals surface area (Å²) in [6.45, 7) is 1.89. The lowest BCUT2D eigenvalue weighted by molar-refractivity contribution is 0.311. The number of hydrogen-bond donors (Lipinski definition) is 2. The van der Waals surface area contributed by atoms with Crippen LogP contribution in [0.3, 0.4) is 0 Å². The van der Waals surface area contributed by atoms with Gasteiger partial charge in [-0.2, -0.15) is 0 Å². The van der Waals surface area contributed by atoms with Gasteiger partial charge in [0, 0.05) is 5.54 Å². The summed E-state index contributed by atoms with van der Waals surface area (Å²) in [5.41, 5.74) is 0.265. The molecule has 3 heteroatoms. The Labute approximate surface area is 69.5 Å². The van der Waals surface area contributed by atoms with E-state index in [-0.39, 0.29) is 5.54 Å². The molecule has 1 aliphatic rings. The number of hydrogen-bond acceptors (Lipinski definition) is 2. The van der Waals surface area contributed by atoms with Crippen LogP contribution < -0.4 is 0 Å². The molecule has 1 aliphatic carbocycles. The zero-order valence-electron chi connectivity index (χ0n) is 7.21. The average Bonchev–Trinajstić information content (AvgIpc) is 2.06. The van der Waals surface area contributed by atoms with Crippen molar-refractivity contribution < 1.29 is 9.59 Å². The fourth-order valence-corrected chi connectivity index (χ4v) is 3.76. The van der Waals surface area contributed by atoms with Crippen molar-refractivity contribution in [1.82, 2.24) is 0 Å². The van der Waals surface area contributed by atoms with E-state index < -0.39 is 8.56 Å². The van der Waals surface area contributed by atoms with E-state index in [4.69, 9.17) is 0 Å². The Balaban J connectivity index is 2.43. The smallest absolute Gasteiger partial charge is 0.335 e. The summed E-state index contributed by atoms with van der Waals surface area (Å²) >= 11 is 0. The molecule has 11 heavy (non-hydrogen) atoms. The molecule has 1 saturated carbocycles. The molecular formula is C8H18O2Si. The topological polar surface area (TPSA) is 40.5 Å². The maximum atomic E-state index is 9.64. The van der Waals surface area contributed by atoms with Crippen LogP contribution >= 0.6 is 0 Å². The first-order valence-electron chi connectivity index (χ1n) is 4.61. The minimum Gasteiger partial charge on any atom is -0.410 e. The predicted molar refractivity (Wildman–Crippen MR) is 47.5 cm³/mol. The first-order chi connectivity index (χ1) is 5.17. The van der Waals surface area contributed by atoms with Crippen molar-refractivity contribution in [1.29, 1.82) is 0 Å². The molecular weight excluding hydrogens is 156 g/mol. The minimum absolute atomic E-state index is 0.265. The Morgan fingerprint density at radius 1 is 1.18 bits per heavy atom. The highest BCUT2D eigenvalue weighted by molar-refractivity contribution is 6.66. The van der Waals surface area contributed by atoms with Crippen LogP contribution in [0.1, 0.15) is 39.0 Å². The predicted octanol–water partition coefficient (Wildman–Crippen LogP) is 1.77. The normalized spacial score (nSPS) is 22.1. The van der Waals surface area contributed by atoms with Gasteiger partial charge in [0.1, 0.15) is 0 Å². The van der Waals surface area contributed by atoms with Crippen molar-refractivity contribution >= 4 is 8.56 Å². The highest BCUT2D eigenvalue weighted by Crippen LogP contribution is 2.35. The molecule has 1 fully saturated rings. The van der Waals surface area contributed by atoms with Gasteiger partial charge in [0.2, 0.25) is 0 Å². The Morgan fingerprint density at radius 2 is 1.73 bits per heavy atom. The van der Waals surface area contributed by atoms with Crippen LogP contribution in [0.2, 0.25) is 11.6 Å². The van der Waals surface area contributed by atoms with Crippen LogP contribution in [0.15, 0.2) is 0 Å². The van der Waals surface area contributed by atoms with Gasteiger partial charge in [0.15, 0.2) is 0 Å². The van der Waals surface area contributed by atoms with Crippen molar-refractivity contribution in [2.45, 2.75) is 50.6 Å². The molecule has 0 radical (unpaired) electrons. The maximum Gasteiger partial charge on any atom is 0.335 e. The molecule has 66 valence electrons. The summed E-state index contributed by atoms with van der Waals surface area (Å²) in [4.78, 5) is 19.3. The van der Waals surface area contributed by atoms with Crippen LogP contribution in [0, 0.1) is 0 Å². The van der Waals surface area contributed by atoms with Crippen LogP contribution in [0.4, 0.5) is 0 Å². The molecule has 0 aromatic carbocycles. The van der Waals surface area contributed by atoms with Crippen LogP contribution in [-0.2, 0) is 0 Å². The third-order valence-corrected chi connectivity index (χ3v) is 5.71. The van der Waals surface area contributed by atoms with Gasteiger partial charge in [0.05, 0.1) is 0 Å². The molecule has 0 aromatic rings. The summed E-state index contributed by atoms with van der Waals surface area (Å²) in [5, 5.41) is 0. The summed E-state index contributed by atoms with van der Waals surface area (Å²) in [6, 6.07) is 0.595. The van der Waals surface area contributed by atoms with E-state index in [0.717, 1.165) is 12.8 Å². The first kappa shape index (κ1) is 9.23. The summed E-state index contributed by atoms with van der Waals surface area (Å²) in [7, 11) is -2.78. The molecule has 0 spiro atoms. The lowest BCUT2D eigenvalue weighted by Gasteiger charge is -2.30.